The number of alkyl halides is 1. The summed E-state index contributed by atoms with van der Waals surface area (Å²) in [7, 11) is 0. The number of allylic oxidation sites excluding steroid dienone is 4. The highest BCUT2D eigenvalue weighted by molar-refractivity contribution is 14.1. The summed E-state index contributed by atoms with van der Waals surface area (Å²) in [4.78, 5) is 0. The van der Waals surface area contributed by atoms with Gasteiger partial charge in [-0.2, -0.15) is 0 Å². The van der Waals surface area contributed by atoms with Crippen molar-refractivity contribution >= 4 is 67.8 Å². The molecule has 1 rings (SSSR count). The summed E-state index contributed by atoms with van der Waals surface area (Å²) in [6.45, 7) is 0. The van der Waals surface area contributed by atoms with E-state index < -0.39 is 0 Å². The van der Waals surface area contributed by atoms with Crippen molar-refractivity contribution in [3.63, 3.8) is 0 Å². The van der Waals surface area contributed by atoms with E-state index in [-0.39, 0.29) is 0 Å². The van der Waals surface area contributed by atoms with Gasteiger partial charge in [-0.15, -0.1) is 0 Å². The molecule has 0 saturated carbocycles. The number of hydrogen-bond acceptors (Lipinski definition) is 0. The van der Waals surface area contributed by atoms with E-state index in [1.165, 1.54) is 7.16 Å². The molecule has 44 valence electrons. The fourth-order valence-corrected chi connectivity index (χ4v) is 3.54. The van der Waals surface area contributed by atoms with E-state index >= 15 is 0 Å². The summed E-state index contributed by atoms with van der Waals surface area (Å²) in [5.74, 6) is 0. The van der Waals surface area contributed by atoms with Crippen molar-refractivity contribution in [2.75, 3.05) is 0 Å². The molecule has 1 aliphatic rings. The van der Waals surface area contributed by atoms with Gasteiger partial charge in [0.05, 0.1) is 3.92 Å². The second-order valence-corrected chi connectivity index (χ2v) is 5.32. The van der Waals surface area contributed by atoms with Gasteiger partial charge in [-0.05, 0) is 51.3 Å². The smallest absolute Gasteiger partial charge is 0.0610 e. The predicted octanol–water partition coefficient (Wildman–Crippen LogP) is 3.44. The van der Waals surface area contributed by atoms with Crippen molar-refractivity contribution in [2.24, 2.45) is 0 Å². The zero-order valence-corrected chi connectivity index (χ0v) is 10.3. The van der Waals surface area contributed by atoms with E-state index in [9.17, 15) is 0 Å². The molecule has 0 aromatic rings. The highest BCUT2D eigenvalue weighted by atomic mass is 127. The molecule has 0 spiro atoms. The molecule has 0 nitrogen and oxygen atoms in total. The zero-order valence-electron chi connectivity index (χ0n) is 3.87. The van der Waals surface area contributed by atoms with Gasteiger partial charge in [0.1, 0.15) is 0 Å². The van der Waals surface area contributed by atoms with Crippen LogP contribution in [0.1, 0.15) is 0 Å². The van der Waals surface area contributed by atoms with Gasteiger partial charge in [0, 0.05) is 7.16 Å². The monoisotopic (exact) mass is 444 g/mol. The van der Waals surface area contributed by atoms with E-state index in [0.717, 1.165) is 0 Å². The Morgan fingerprint density at radius 3 is 2.12 bits per heavy atom. The second kappa shape index (κ2) is 3.18. The summed E-state index contributed by atoms with van der Waals surface area (Å²) in [6.07, 6.45) is 4.46. The van der Waals surface area contributed by atoms with Gasteiger partial charge in [0.25, 0.3) is 0 Å². The van der Waals surface area contributed by atoms with Gasteiger partial charge in [-0.25, -0.2) is 0 Å². The molecule has 0 aromatic carbocycles. The summed E-state index contributed by atoms with van der Waals surface area (Å²) < 4.78 is 3.44. The van der Waals surface area contributed by atoms with Gasteiger partial charge in [-0.1, -0.05) is 28.7 Å². The summed E-state index contributed by atoms with van der Waals surface area (Å²) in [6, 6.07) is 0. The lowest BCUT2D eigenvalue weighted by molar-refractivity contribution is 1.53. The first-order valence-electron chi connectivity index (χ1n) is 2.08. The third-order valence-electron chi connectivity index (χ3n) is 0.845. The first kappa shape index (κ1) is 7.77. The molecule has 1 aliphatic carbocycles. The molecule has 0 bridgehead atoms. The lowest BCUT2D eigenvalue weighted by Crippen LogP contribution is -1.82. The molecule has 0 amide bonds. The van der Waals surface area contributed by atoms with Crippen LogP contribution in [-0.4, -0.2) is 3.92 Å². The molecule has 3 heteroatoms. The van der Waals surface area contributed by atoms with E-state index in [1.54, 1.807) is 0 Å². The molecule has 1 unspecified atom stereocenters. The molecule has 0 fully saturated rings. The number of hydrogen-bond donors (Lipinski definition) is 0. The van der Waals surface area contributed by atoms with Crippen LogP contribution in [0.4, 0.5) is 0 Å². The van der Waals surface area contributed by atoms with Crippen molar-refractivity contribution in [2.45, 2.75) is 3.92 Å². The van der Waals surface area contributed by atoms with E-state index in [1.807, 2.05) is 0 Å². The van der Waals surface area contributed by atoms with Crippen LogP contribution in [0.15, 0.2) is 19.3 Å². The molecule has 0 heterocycles. The molecule has 8 heavy (non-hydrogen) atoms. The normalized spacial score (nSPS) is 27.6. The molecule has 0 radical (unpaired) electrons. The van der Waals surface area contributed by atoms with Crippen LogP contribution in [0.5, 0.6) is 0 Å². The Balaban J connectivity index is 2.78. The molecule has 1 atom stereocenters. The molecule has 0 aromatic heterocycles. The SMILES string of the molecule is IC1=CC(I)C(I)=C1. The van der Waals surface area contributed by atoms with Gasteiger partial charge in [-0.3, -0.25) is 0 Å². The molecular formula is C5H3I3. The van der Waals surface area contributed by atoms with Gasteiger partial charge >= 0.3 is 0 Å². The summed E-state index contributed by atoms with van der Waals surface area (Å²) in [5, 5.41) is 0. The molecule has 0 saturated heterocycles. The lowest BCUT2D eigenvalue weighted by atomic mass is 10.5. The highest BCUT2D eigenvalue weighted by Crippen LogP contribution is 2.32. The quantitative estimate of drug-likeness (QED) is 0.397. The fourth-order valence-electron chi connectivity index (χ4n) is 0.479. The average molecular weight is 444 g/mol. The van der Waals surface area contributed by atoms with Crippen molar-refractivity contribution in [1.82, 2.24) is 0 Å². The van der Waals surface area contributed by atoms with E-state index in [4.69, 9.17) is 0 Å². The minimum absolute atomic E-state index is 0.639. The Morgan fingerprint density at radius 2 is 2.00 bits per heavy atom. The standard InChI is InChI=1S/C5H3I3/c6-3-1-4(7)5(8)2-3/h1-2,4H. The molecular weight excluding hydrogens is 441 g/mol. The van der Waals surface area contributed by atoms with Crippen LogP contribution in [0.3, 0.4) is 0 Å². The van der Waals surface area contributed by atoms with Gasteiger partial charge in [0.15, 0.2) is 0 Å². The average Bonchev–Trinajstić information content (AvgIpc) is 1.85. The van der Waals surface area contributed by atoms with E-state index in [2.05, 4.69) is 79.9 Å². The number of halogens is 3. The minimum atomic E-state index is 0.639. The maximum absolute atomic E-state index is 2.42. The van der Waals surface area contributed by atoms with Crippen LogP contribution in [0, 0.1) is 0 Å². The first-order valence-corrected chi connectivity index (χ1v) is 5.49. The molecule has 0 N–H and O–H groups in total. The third kappa shape index (κ3) is 1.83. The van der Waals surface area contributed by atoms with Crippen LogP contribution >= 0.6 is 67.8 Å². The summed E-state index contributed by atoms with van der Waals surface area (Å²) in [5.41, 5.74) is 0. The topological polar surface area (TPSA) is 0 Å². The Bertz CT molecular complexity index is 157. The summed E-state index contributed by atoms with van der Waals surface area (Å²) >= 11 is 7.12. The number of rotatable bonds is 0. The van der Waals surface area contributed by atoms with Crippen LogP contribution in [0.25, 0.3) is 0 Å². The Morgan fingerprint density at radius 1 is 1.38 bits per heavy atom. The van der Waals surface area contributed by atoms with Gasteiger partial charge < -0.3 is 0 Å². The van der Waals surface area contributed by atoms with Crippen molar-refractivity contribution in [3.05, 3.63) is 19.3 Å². The Hall–Kier alpha value is 1.67. The van der Waals surface area contributed by atoms with Crippen molar-refractivity contribution < 1.29 is 0 Å². The lowest BCUT2D eigenvalue weighted by Gasteiger charge is -1.91. The van der Waals surface area contributed by atoms with Crippen molar-refractivity contribution in [1.29, 1.82) is 0 Å². The largest absolute Gasteiger partial charge is 0.0723 e. The highest BCUT2D eigenvalue weighted by Gasteiger charge is 2.10. The van der Waals surface area contributed by atoms with Crippen molar-refractivity contribution in [3.8, 4) is 0 Å². The van der Waals surface area contributed by atoms with Crippen LogP contribution in [-0.2, 0) is 0 Å². The maximum atomic E-state index is 2.42. The van der Waals surface area contributed by atoms with E-state index in [0.29, 0.717) is 3.92 Å². The second-order valence-electron chi connectivity index (χ2n) is 1.48. The van der Waals surface area contributed by atoms with Gasteiger partial charge in [0.2, 0.25) is 0 Å². The third-order valence-corrected chi connectivity index (χ3v) is 4.72. The predicted molar refractivity (Wildman–Crippen MR) is 62.0 cm³/mol. The minimum Gasteiger partial charge on any atom is -0.0723 e. The maximum Gasteiger partial charge on any atom is 0.0610 e. The first-order chi connectivity index (χ1) is 3.70. The molecule has 0 aliphatic heterocycles. The van der Waals surface area contributed by atoms with Crippen LogP contribution < -0.4 is 0 Å². The Kier molecular flexibility index (Phi) is 3.09. The Labute approximate surface area is 89.6 Å². The zero-order chi connectivity index (χ0) is 6.15. The van der Waals surface area contributed by atoms with Crippen LogP contribution in [0.2, 0.25) is 0 Å². The fraction of sp³-hybridized carbons (Fsp3) is 0.200.